The molecule has 0 spiro atoms. The van der Waals surface area contributed by atoms with Crippen molar-refractivity contribution < 1.29 is 14.6 Å². The van der Waals surface area contributed by atoms with Gasteiger partial charge in [-0.15, -0.1) is 0 Å². The van der Waals surface area contributed by atoms with Crippen LogP contribution in [-0.4, -0.2) is 18.2 Å². The molecule has 0 saturated heterocycles. The smallest absolute Gasteiger partial charge is 0.311 e. The lowest BCUT2D eigenvalue weighted by molar-refractivity contribution is -0.138. The van der Waals surface area contributed by atoms with Crippen LogP contribution in [0.15, 0.2) is 42.5 Å². The average molecular weight is 319 g/mol. The number of aryl methyl sites for hydroxylation is 1. The molecule has 0 amide bonds. The SMILES string of the molecule is CCc1cc(CC(C(=O)O)c2cccc(Cl)c2)ccc1OC. The van der Waals surface area contributed by atoms with E-state index in [9.17, 15) is 9.90 Å². The lowest BCUT2D eigenvalue weighted by Gasteiger charge is -2.15. The van der Waals surface area contributed by atoms with Gasteiger partial charge in [0.1, 0.15) is 5.75 Å². The Morgan fingerprint density at radius 2 is 2.05 bits per heavy atom. The minimum atomic E-state index is -0.851. The normalized spacial score (nSPS) is 12.0. The third kappa shape index (κ3) is 3.80. The number of carboxylic acid groups (broad SMARTS) is 1. The lowest BCUT2D eigenvalue weighted by atomic mass is 9.91. The third-order valence-electron chi connectivity index (χ3n) is 3.71. The molecule has 0 aromatic heterocycles. The molecule has 0 bridgehead atoms. The molecule has 2 aromatic rings. The predicted octanol–water partition coefficient (Wildman–Crippen LogP) is 4.32. The highest BCUT2D eigenvalue weighted by Crippen LogP contribution is 2.27. The Morgan fingerprint density at radius 3 is 2.64 bits per heavy atom. The highest BCUT2D eigenvalue weighted by atomic mass is 35.5. The lowest BCUT2D eigenvalue weighted by Crippen LogP contribution is -2.14. The van der Waals surface area contributed by atoms with Gasteiger partial charge >= 0.3 is 5.97 Å². The molecule has 1 unspecified atom stereocenters. The first-order valence-electron chi connectivity index (χ1n) is 7.19. The van der Waals surface area contributed by atoms with Gasteiger partial charge in [0.05, 0.1) is 13.0 Å². The largest absolute Gasteiger partial charge is 0.496 e. The van der Waals surface area contributed by atoms with Crippen LogP contribution < -0.4 is 4.74 Å². The zero-order chi connectivity index (χ0) is 16.1. The molecule has 1 atom stereocenters. The monoisotopic (exact) mass is 318 g/mol. The number of benzene rings is 2. The van der Waals surface area contributed by atoms with Crippen molar-refractivity contribution >= 4 is 17.6 Å². The van der Waals surface area contributed by atoms with Crippen LogP contribution in [0.25, 0.3) is 0 Å². The number of aliphatic carboxylic acids is 1. The third-order valence-corrected chi connectivity index (χ3v) is 3.95. The molecule has 0 radical (unpaired) electrons. The molecule has 0 aliphatic heterocycles. The van der Waals surface area contributed by atoms with E-state index in [4.69, 9.17) is 16.3 Å². The minimum absolute atomic E-state index is 0.423. The molecule has 116 valence electrons. The molecule has 0 aliphatic carbocycles. The Balaban J connectivity index is 2.31. The zero-order valence-corrected chi connectivity index (χ0v) is 13.4. The van der Waals surface area contributed by atoms with Gasteiger partial charge in [-0.25, -0.2) is 0 Å². The Hall–Kier alpha value is -2.00. The number of rotatable bonds is 6. The van der Waals surface area contributed by atoms with Crippen LogP contribution in [0, 0.1) is 0 Å². The summed E-state index contributed by atoms with van der Waals surface area (Å²) in [4.78, 5) is 11.6. The van der Waals surface area contributed by atoms with Crippen molar-refractivity contribution in [1.29, 1.82) is 0 Å². The molecule has 2 aromatic carbocycles. The van der Waals surface area contributed by atoms with E-state index in [-0.39, 0.29) is 0 Å². The van der Waals surface area contributed by atoms with E-state index in [0.717, 1.165) is 23.3 Å². The number of hydrogen-bond donors (Lipinski definition) is 1. The fourth-order valence-electron chi connectivity index (χ4n) is 2.54. The number of hydrogen-bond acceptors (Lipinski definition) is 2. The summed E-state index contributed by atoms with van der Waals surface area (Å²) in [5.41, 5.74) is 2.77. The second-order valence-corrected chi connectivity index (χ2v) is 5.59. The van der Waals surface area contributed by atoms with Gasteiger partial charge in [0, 0.05) is 5.02 Å². The van der Waals surface area contributed by atoms with Gasteiger partial charge in [0.25, 0.3) is 0 Å². The van der Waals surface area contributed by atoms with Gasteiger partial charge in [-0.05, 0) is 47.7 Å². The molecule has 1 N–H and O–H groups in total. The fraction of sp³-hybridized carbons (Fsp3) is 0.278. The number of ether oxygens (including phenoxy) is 1. The second kappa shape index (κ2) is 7.32. The maximum atomic E-state index is 11.6. The van der Waals surface area contributed by atoms with Crippen LogP contribution in [0.5, 0.6) is 5.75 Å². The molecule has 0 saturated carbocycles. The summed E-state index contributed by atoms with van der Waals surface area (Å²) >= 11 is 5.97. The van der Waals surface area contributed by atoms with E-state index in [1.54, 1.807) is 31.4 Å². The Morgan fingerprint density at radius 1 is 1.27 bits per heavy atom. The van der Waals surface area contributed by atoms with E-state index >= 15 is 0 Å². The predicted molar refractivity (Wildman–Crippen MR) is 87.9 cm³/mol. The molecule has 0 fully saturated rings. The first-order valence-corrected chi connectivity index (χ1v) is 7.57. The summed E-state index contributed by atoms with van der Waals surface area (Å²) in [5, 5.41) is 10.1. The number of methoxy groups -OCH3 is 1. The maximum Gasteiger partial charge on any atom is 0.311 e. The van der Waals surface area contributed by atoms with Gasteiger partial charge in [-0.1, -0.05) is 42.8 Å². The van der Waals surface area contributed by atoms with Crippen LogP contribution in [0.3, 0.4) is 0 Å². The molecule has 0 heterocycles. The first kappa shape index (κ1) is 16.4. The van der Waals surface area contributed by atoms with E-state index < -0.39 is 11.9 Å². The molecular formula is C18H19ClO3. The van der Waals surface area contributed by atoms with Crippen LogP contribution >= 0.6 is 11.6 Å². The zero-order valence-electron chi connectivity index (χ0n) is 12.7. The van der Waals surface area contributed by atoms with Gasteiger partial charge in [0.15, 0.2) is 0 Å². The second-order valence-electron chi connectivity index (χ2n) is 5.15. The topological polar surface area (TPSA) is 46.5 Å². The summed E-state index contributed by atoms with van der Waals surface area (Å²) in [5.74, 6) is -0.631. The van der Waals surface area contributed by atoms with Crippen molar-refractivity contribution in [2.75, 3.05) is 7.11 Å². The molecular weight excluding hydrogens is 300 g/mol. The minimum Gasteiger partial charge on any atom is -0.496 e. The van der Waals surface area contributed by atoms with Gasteiger partial charge in [-0.3, -0.25) is 4.79 Å². The molecule has 22 heavy (non-hydrogen) atoms. The van der Waals surface area contributed by atoms with Crippen molar-refractivity contribution in [3.8, 4) is 5.75 Å². The van der Waals surface area contributed by atoms with Crippen LogP contribution in [0.4, 0.5) is 0 Å². The quantitative estimate of drug-likeness (QED) is 0.862. The van der Waals surface area contributed by atoms with Crippen molar-refractivity contribution in [2.24, 2.45) is 0 Å². The highest BCUT2D eigenvalue weighted by Gasteiger charge is 2.21. The Kier molecular flexibility index (Phi) is 5.45. The average Bonchev–Trinajstić information content (AvgIpc) is 2.52. The van der Waals surface area contributed by atoms with Gasteiger partial charge < -0.3 is 9.84 Å². The van der Waals surface area contributed by atoms with E-state index in [1.807, 2.05) is 25.1 Å². The number of carbonyl (C=O) groups is 1. The van der Waals surface area contributed by atoms with Gasteiger partial charge in [0.2, 0.25) is 0 Å². The Labute approximate surface area is 135 Å². The summed E-state index contributed by atoms with van der Waals surface area (Å²) in [6, 6.07) is 12.9. The van der Waals surface area contributed by atoms with E-state index in [0.29, 0.717) is 17.0 Å². The standard InChI is InChI=1S/C18H19ClO3/c1-3-13-9-12(7-8-17(13)22-2)10-16(18(20)21)14-5-4-6-15(19)11-14/h4-9,11,16H,3,10H2,1-2H3,(H,20,21). The Bertz CT molecular complexity index is 667. The van der Waals surface area contributed by atoms with Crippen LogP contribution in [-0.2, 0) is 17.6 Å². The fourth-order valence-corrected chi connectivity index (χ4v) is 2.74. The number of halogens is 1. The summed E-state index contributed by atoms with van der Waals surface area (Å²) < 4.78 is 5.31. The summed E-state index contributed by atoms with van der Waals surface area (Å²) in [6.45, 7) is 2.05. The van der Waals surface area contributed by atoms with E-state index in [2.05, 4.69) is 0 Å². The molecule has 2 rings (SSSR count). The van der Waals surface area contributed by atoms with Crippen molar-refractivity contribution in [2.45, 2.75) is 25.7 Å². The molecule has 3 nitrogen and oxygen atoms in total. The summed E-state index contributed by atoms with van der Waals surface area (Å²) in [7, 11) is 1.64. The van der Waals surface area contributed by atoms with E-state index in [1.165, 1.54) is 0 Å². The van der Waals surface area contributed by atoms with Crippen LogP contribution in [0.2, 0.25) is 5.02 Å². The molecule has 4 heteroatoms. The van der Waals surface area contributed by atoms with Crippen LogP contribution in [0.1, 0.15) is 29.5 Å². The van der Waals surface area contributed by atoms with Crippen molar-refractivity contribution in [3.05, 3.63) is 64.2 Å². The summed E-state index contributed by atoms with van der Waals surface area (Å²) in [6.07, 6.45) is 1.26. The van der Waals surface area contributed by atoms with Crippen molar-refractivity contribution in [1.82, 2.24) is 0 Å². The van der Waals surface area contributed by atoms with Gasteiger partial charge in [-0.2, -0.15) is 0 Å². The highest BCUT2D eigenvalue weighted by molar-refractivity contribution is 6.30. The number of carboxylic acids is 1. The molecule has 0 aliphatic rings. The maximum absolute atomic E-state index is 11.6. The first-order chi connectivity index (χ1) is 10.5. The van der Waals surface area contributed by atoms with Crippen molar-refractivity contribution in [3.63, 3.8) is 0 Å².